The smallest absolute Gasteiger partial charge is 0.140 e. The second kappa shape index (κ2) is 4.70. The molecule has 2 aliphatic carbocycles. The molecule has 3 heteroatoms. The van der Waals surface area contributed by atoms with E-state index in [0.29, 0.717) is 6.04 Å². The molecule has 0 unspecified atom stereocenters. The summed E-state index contributed by atoms with van der Waals surface area (Å²) in [7, 11) is 0. The Morgan fingerprint density at radius 3 is 2.50 bits per heavy atom. The number of hydrogen-bond acceptors (Lipinski definition) is 2. The van der Waals surface area contributed by atoms with Crippen molar-refractivity contribution in [2.75, 3.05) is 0 Å². The SMILES string of the molecule is N#Cc1cc(CNC(C2CC2)C2CC2)ccc1F. The van der Waals surface area contributed by atoms with Crippen LogP contribution in [0.3, 0.4) is 0 Å². The molecule has 2 nitrogen and oxygen atoms in total. The van der Waals surface area contributed by atoms with Crippen molar-refractivity contribution in [3.8, 4) is 6.07 Å². The minimum absolute atomic E-state index is 0.142. The van der Waals surface area contributed by atoms with Gasteiger partial charge < -0.3 is 5.32 Å². The molecular formula is C15H17FN2. The van der Waals surface area contributed by atoms with Gasteiger partial charge in [0.2, 0.25) is 0 Å². The van der Waals surface area contributed by atoms with Crippen LogP contribution >= 0.6 is 0 Å². The first-order valence-corrected chi connectivity index (χ1v) is 6.70. The van der Waals surface area contributed by atoms with E-state index < -0.39 is 5.82 Å². The highest BCUT2D eigenvalue weighted by Crippen LogP contribution is 2.44. The maximum absolute atomic E-state index is 13.2. The predicted molar refractivity (Wildman–Crippen MR) is 67.2 cm³/mol. The molecule has 0 atom stereocenters. The maximum Gasteiger partial charge on any atom is 0.140 e. The van der Waals surface area contributed by atoms with E-state index in [1.54, 1.807) is 12.1 Å². The fourth-order valence-corrected chi connectivity index (χ4v) is 2.63. The summed E-state index contributed by atoms with van der Waals surface area (Å²) < 4.78 is 13.2. The summed E-state index contributed by atoms with van der Waals surface area (Å²) >= 11 is 0. The lowest BCUT2D eigenvalue weighted by Gasteiger charge is -2.17. The van der Waals surface area contributed by atoms with Gasteiger partial charge in [0.1, 0.15) is 11.9 Å². The molecule has 2 aliphatic rings. The van der Waals surface area contributed by atoms with Crippen LogP contribution in [0.2, 0.25) is 0 Å². The van der Waals surface area contributed by atoms with E-state index in [-0.39, 0.29) is 5.56 Å². The van der Waals surface area contributed by atoms with E-state index in [4.69, 9.17) is 5.26 Å². The van der Waals surface area contributed by atoms with Crippen LogP contribution in [0.4, 0.5) is 4.39 Å². The van der Waals surface area contributed by atoms with Crippen LogP contribution in [0.25, 0.3) is 0 Å². The van der Waals surface area contributed by atoms with E-state index in [9.17, 15) is 4.39 Å². The average molecular weight is 244 g/mol. The summed E-state index contributed by atoms with van der Waals surface area (Å²) in [6.07, 6.45) is 5.39. The molecule has 3 rings (SSSR count). The van der Waals surface area contributed by atoms with Gasteiger partial charge >= 0.3 is 0 Å². The minimum atomic E-state index is -0.429. The minimum Gasteiger partial charge on any atom is -0.309 e. The number of rotatable bonds is 5. The largest absolute Gasteiger partial charge is 0.309 e. The molecule has 0 spiro atoms. The first kappa shape index (κ1) is 11.7. The number of nitriles is 1. The molecule has 0 heterocycles. The molecule has 0 aromatic heterocycles. The topological polar surface area (TPSA) is 35.8 Å². The summed E-state index contributed by atoms with van der Waals surface area (Å²) in [4.78, 5) is 0. The highest BCUT2D eigenvalue weighted by Gasteiger charge is 2.40. The van der Waals surface area contributed by atoms with Crippen LogP contribution in [0.5, 0.6) is 0 Å². The molecular weight excluding hydrogens is 227 g/mol. The van der Waals surface area contributed by atoms with E-state index in [1.807, 2.05) is 6.07 Å². The normalized spacial score (nSPS) is 18.9. The van der Waals surface area contributed by atoms with Crippen molar-refractivity contribution in [1.82, 2.24) is 5.32 Å². The Morgan fingerprint density at radius 2 is 1.94 bits per heavy atom. The maximum atomic E-state index is 13.2. The monoisotopic (exact) mass is 244 g/mol. The number of nitrogens with one attached hydrogen (secondary N) is 1. The average Bonchev–Trinajstić information content (AvgIpc) is 3.25. The lowest BCUT2D eigenvalue weighted by Crippen LogP contribution is -2.32. The van der Waals surface area contributed by atoms with Gasteiger partial charge in [-0.3, -0.25) is 0 Å². The van der Waals surface area contributed by atoms with Crippen LogP contribution in [-0.2, 0) is 6.54 Å². The molecule has 0 aliphatic heterocycles. The molecule has 94 valence electrons. The van der Waals surface area contributed by atoms with Gasteiger partial charge in [-0.05, 0) is 55.2 Å². The molecule has 1 aromatic carbocycles. The Morgan fingerprint density at radius 1 is 1.28 bits per heavy atom. The Labute approximate surface area is 107 Å². The number of nitrogens with zero attached hydrogens (tertiary/aromatic N) is 1. The molecule has 2 saturated carbocycles. The van der Waals surface area contributed by atoms with Crippen molar-refractivity contribution in [2.45, 2.75) is 38.3 Å². The number of benzene rings is 1. The van der Waals surface area contributed by atoms with Crippen molar-refractivity contribution in [1.29, 1.82) is 5.26 Å². The van der Waals surface area contributed by atoms with E-state index in [2.05, 4.69) is 5.32 Å². The van der Waals surface area contributed by atoms with Crippen LogP contribution in [0.15, 0.2) is 18.2 Å². The van der Waals surface area contributed by atoms with Gasteiger partial charge in [0, 0.05) is 12.6 Å². The van der Waals surface area contributed by atoms with Crippen molar-refractivity contribution in [3.05, 3.63) is 35.1 Å². The summed E-state index contributed by atoms with van der Waals surface area (Å²) in [5, 5.41) is 12.4. The van der Waals surface area contributed by atoms with Gasteiger partial charge in [-0.1, -0.05) is 6.07 Å². The predicted octanol–water partition coefficient (Wildman–Crippen LogP) is 2.98. The highest BCUT2D eigenvalue weighted by atomic mass is 19.1. The van der Waals surface area contributed by atoms with Crippen LogP contribution in [0.1, 0.15) is 36.8 Å². The van der Waals surface area contributed by atoms with Crippen LogP contribution < -0.4 is 5.32 Å². The lowest BCUT2D eigenvalue weighted by atomic mass is 10.1. The zero-order valence-electron chi connectivity index (χ0n) is 10.3. The Kier molecular flexibility index (Phi) is 3.05. The molecule has 0 amide bonds. The van der Waals surface area contributed by atoms with Crippen molar-refractivity contribution in [2.24, 2.45) is 11.8 Å². The van der Waals surface area contributed by atoms with E-state index in [0.717, 1.165) is 23.9 Å². The van der Waals surface area contributed by atoms with Gasteiger partial charge in [0.15, 0.2) is 0 Å². The van der Waals surface area contributed by atoms with Gasteiger partial charge in [-0.2, -0.15) is 5.26 Å². The van der Waals surface area contributed by atoms with Crippen molar-refractivity contribution < 1.29 is 4.39 Å². The molecule has 0 radical (unpaired) electrons. The summed E-state index contributed by atoms with van der Waals surface area (Å²) in [5.74, 6) is 1.28. The summed E-state index contributed by atoms with van der Waals surface area (Å²) in [6.45, 7) is 0.743. The fourth-order valence-electron chi connectivity index (χ4n) is 2.63. The third-order valence-electron chi connectivity index (χ3n) is 3.95. The Hall–Kier alpha value is -1.40. The first-order valence-electron chi connectivity index (χ1n) is 6.70. The zero-order valence-corrected chi connectivity index (χ0v) is 10.3. The first-order chi connectivity index (χ1) is 8.78. The van der Waals surface area contributed by atoms with E-state index in [1.165, 1.54) is 31.7 Å². The third kappa shape index (κ3) is 2.54. The molecule has 18 heavy (non-hydrogen) atoms. The van der Waals surface area contributed by atoms with Gasteiger partial charge in [-0.15, -0.1) is 0 Å². The van der Waals surface area contributed by atoms with Crippen molar-refractivity contribution >= 4 is 0 Å². The van der Waals surface area contributed by atoms with Gasteiger partial charge in [0.25, 0.3) is 0 Å². The lowest BCUT2D eigenvalue weighted by molar-refractivity contribution is 0.415. The van der Waals surface area contributed by atoms with Crippen LogP contribution in [0, 0.1) is 29.0 Å². The van der Waals surface area contributed by atoms with Crippen molar-refractivity contribution in [3.63, 3.8) is 0 Å². The highest BCUT2D eigenvalue weighted by molar-refractivity contribution is 5.34. The summed E-state index contributed by atoms with van der Waals surface area (Å²) in [6, 6.07) is 7.33. The Bertz CT molecular complexity index is 472. The molecule has 0 saturated heterocycles. The molecule has 0 bridgehead atoms. The standard InChI is InChI=1S/C15H17FN2/c16-14-6-1-10(7-13(14)8-17)9-18-15(11-2-3-11)12-4-5-12/h1,6-7,11-12,15,18H,2-5,9H2. The second-order valence-corrected chi connectivity index (χ2v) is 5.51. The molecule has 1 aromatic rings. The summed E-state index contributed by atoms with van der Waals surface area (Å²) in [5.41, 5.74) is 1.14. The quantitative estimate of drug-likeness (QED) is 0.864. The third-order valence-corrected chi connectivity index (χ3v) is 3.95. The number of halogens is 1. The van der Waals surface area contributed by atoms with E-state index >= 15 is 0 Å². The number of hydrogen-bond donors (Lipinski definition) is 1. The fraction of sp³-hybridized carbons (Fsp3) is 0.533. The Balaban J connectivity index is 1.63. The second-order valence-electron chi connectivity index (χ2n) is 5.51. The van der Waals surface area contributed by atoms with Crippen LogP contribution in [-0.4, -0.2) is 6.04 Å². The zero-order chi connectivity index (χ0) is 12.5. The molecule has 2 fully saturated rings. The van der Waals surface area contributed by atoms with Gasteiger partial charge in [-0.25, -0.2) is 4.39 Å². The molecule has 1 N–H and O–H groups in total. The van der Waals surface area contributed by atoms with Gasteiger partial charge in [0.05, 0.1) is 5.56 Å².